The Morgan fingerprint density at radius 3 is 2.62 bits per heavy atom. The molecule has 0 bridgehead atoms. The van der Waals surface area contributed by atoms with E-state index in [0.717, 1.165) is 24.5 Å². The van der Waals surface area contributed by atoms with Crippen LogP contribution in [-0.4, -0.2) is 24.0 Å². The SMILES string of the molecule is CCCNC(=O)CC1(C)CSSC1. The van der Waals surface area contributed by atoms with Gasteiger partial charge >= 0.3 is 0 Å². The third-order valence-corrected chi connectivity index (χ3v) is 5.06. The highest BCUT2D eigenvalue weighted by molar-refractivity contribution is 8.77. The van der Waals surface area contributed by atoms with Gasteiger partial charge in [0.15, 0.2) is 0 Å². The highest BCUT2D eigenvalue weighted by Crippen LogP contribution is 2.44. The van der Waals surface area contributed by atoms with Gasteiger partial charge < -0.3 is 5.32 Å². The van der Waals surface area contributed by atoms with Crippen LogP contribution in [0.15, 0.2) is 0 Å². The largest absolute Gasteiger partial charge is 0.356 e. The number of hydrogen-bond acceptors (Lipinski definition) is 3. The number of carbonyl (C=O) groups is 1. The normalized spacial score (nSPS) is 20.2. The molecule has 76 valence electrons. The molecule has 0 atom stereocenters. The van der Waals surface area contributed by atoms with E-state index in [1.165, 1.54) is 0 Å². The average molecular weight is 219 g/mol. The molecule has 0 aromatic carbocycles. The van der Waals surface area contributed by atoms with Crippen molar-refractivity contribution in [1.29, 1.82) is 0 Å². The molecule has 0 radical (unpaired) electrons. The van der Waals surface area contributed by atoms with Crippen LogP contribution in [0.3, 0.4) is 0 Å². The van der Waals surface area contributed by atoms with E-state index in [2.05, 4.69) is 19.2 Å². The Labute approximate surface area is 88.0 Å². The van der Waals surface area contributed by atoms with E-state index in [9.17, 15) is 4.79 Å². The summed E-state index contributed by atoms with van der Waals surface area (Å²) in [6.07, 6.45) is 1.71. The molecule has 0 aromatic heterocycles. The minimum Gasteiger partial charge on any atom is -0.356 e. The molecular weight excluding hydrogens is 202 g/mol. The summed E-state index contributed by atoms with van der Waals surface area (Å²) < 4.78 is 0. The van der Waals surface area contributed by atoms with Gasteiger partial charge in [-0.2, -0.15) is 0 Å². The number of rotatable bonds is 4. The van der Waals surface area contributed by atoms with Crippen molar-refractivity contribution in [2.75, 3.05) is 18.1 Å². The molecule has 0 spiro atoms. The second-order valence-corrected chi connectivity index (χ2v) is 6.32. The minimum atomic E-state index is 0.215. The zero-order valence-electron chi connectivity index (χ0n) is 8.26. The number of carbonyl (C=O) groups excluding carboxylic acids is 1. The minimum absolute atomic E-state index is 0.215. The van der Waals surface area contributed by atoms with Gasteiger partial charge in [0.2, 0.25) is 5.91 Å². The molecule has 0 unspecified atom stereocenters. The number of hydrogen-bond donors (Lipinski definition) is 1. The lowest BCUT2D eigenvalue weighted by molar-refractivity contribution is -0.122. The van der Waals surface area contributed by atoms with Crippen LogP contribution in [0.4, 0.5) is 0 Å². The first kappa shape index (κ1) is 11.2. The van der Waals surface area contributed by atoms with Gasteiger partial charge in [-0.25, -0.2) is 0 Å². The van der Waals surface area contributed by atoms with Gasteiger partial charge in [-0.15, -0.1) is 0 Å². The van der Waals surface area contributed by atoms with Crippen LogP contribution in [0.2, 0.25) is 0 Å². The van der Waals surface area contributed by atoms with Gasteiger partial charge in [0.05, 0.1) is 0 Å². The van der Waals surface area contributed by atoms with Gasteiger partial charge in [0, 0.05) is 24.5 Å². The second kappa shape index (κ2) is 5.15. The van der Waals surface area contributed by atoms with Crippen molar-refractivity contribution in [1.82, 2.24) is 5.32 Å². The molecule has 1 saturated heterocycles. The molecule has 4 heteroatoms. The molecule has 1 fully saturated rings. The van der Waals surface area contributed by atoms with Crippen LogP contribution >= 0.6 is 21.6 Å². The Morgan fingerprint density at radius 1 is 1.46 bits per heavy atom. The standard InChI is InChI=1S/C9H17NOS2/c1-3-4-10-8(11)5-9(2)6-12-13-7-9/h3-7H2,1-2H3,(H,10,11). The van der Waals surface area contributed by atoms with E-state index in [-0.39, 0.29) is 11.3 Å². The molecular formula is C9H17NOS2. The van der Waals surface area contributed by atoms with Gasteiger partial charge in [0.25, 0.3) is 0 Å². The molecule has 0 aliphatic carbocycles. The summed E-state index contributed by atoms with van der Waals surface area (Å²) in [5.74, 6) is 2.43. The van der Waals surface area contributed by atoms with Gasteiger partial charge in [0.1, 0.15) is 0 Å². The summed E-state index contributed by atoms with van der Waals surface area (Å²) in [6.45, 7) is 5.09. The molecule has 1 aliphatic heterocycles. The van der Waals surface area contributed by atoms with Crippen LogP contribution in [0.5, 0.6) is 0 Å². The smallest absolute Gasteiger partial charge is 0.220 e. The predicted octanol–water partition coefficient (Wildman–Crippen LogP) is 2.30. The molecule has 1 rings (SSSR count). The van der Waals surface area contributed by atoms with Crippen molar-refractivity contribution in [3.63, 3.8) is 0 Å². The lowest BCUT2D eigenvalue weighted by Crippen LogP contribution is -2.31. The number of amides is 1. The number of nitrogens with one attached hydrogen (secondary N) is 1. The zero-order chi connectivity index (χ0) is 9.73. The maximum atomic E-state index is 11.4. The van der Waals surface area contributed by atoms with E-state index in [4.69, 9.17) is 0 Å². The molecule has 0 saturated carbocycles. The Balaban J connectivity index is 2.26. The van der Waals surface area contributed by atoms with Crippen molar-refractivity contribution >= 4 is 27.5 Å². The highest BCUT2D eigenvalue weighted by Gasteiger charge is 2.32. The van der Waals surface area contributed by atoms with E-state index >= 15 is 0 Å². The Morgan fingerprint density at radius 2 is 2.08 bits per heavy atom. The molecule has 13 heavy (non-hydrogen) atoms. The van der Waals surface area contributed by atoms with Crippen molar-refractivity contribution < 1.29 is 4.79 Å². The lowest BCUT2D eigenvalue weighted by Gasteiger charge is -2.20. The third kappa shape index (κ3) is 3.81. The van der Waals surface area contributed by atoms with Crippen molar-refractivity contribution in [2.45, 2.75) is 26.7 Å². The summed E-state index contributed by atoms with van der Waals surface area (Å²) >= 11 is 0. The van der Waals surface area contributed by atoms with Crippen LogP contribution in [-0.2, 0) is 4.79 Å². The van der Waals surface area contributed by atoms with Gasteiger partial charge in [-0.05, 0) is 11.8 Å². The maximum absolute atomic E-state index is 11.4. The fourth-order valence-electron chi connectivity index (χ4n) is 1.23. The topological polar surface area (TPSA) is 29.1 Å². The second-order valence-electron chi connectivity index (χ2n) is 3.86. The van der Waals surface area contributed by atoms with Gasteiger partial charge in [-0.3, -0.25) is 4.79 Å². The third-order valence-electron chi connectivity index (χ3n) is 2.06. The first-order chi connectivity index (χ1) is 6.16. The summed E-state index contributed by atoms with van der Waals surface area (Å²) in [7, 11) is 3.77. The fraction of sp³-hybridized carbons (Fsp3) is 0.889. The molecule has 1 heterocycles. The summed E-state index contributed by atoms with van der Waals surface area (Å²) in [5, 5.41) is 2.93. The quantitative estimate of drug-likeness (QED) is 0.736. The van der Waals surface area contributed by atoms with Crippen LogP contribution in [0.1, 0.15) is 26.7 Å². The average Bonchev–Trinajstić information content (AvgIpc) is 2.48. The van der Waals surface area contributed by atoms with E-state index in [1.54, 1.807) is 0 Å². The van der Waals surface area contributed by atoms with Crippen LogP contribution in [0.25, 0.3) is 0 Å². The zero-order valence-corrected chi connectivity index (χ0v) is 9.89. The first-order valence-electron chi connectivity index (χ1n) is 4.67. The van der Waals surface area contributed by atoms with E-state index < -0.39 is 0 Å². The van der Waals surface area contributed by atoms with E-state index in [1.807, 2.05) is 21.6 Å². The van der Waals surface area contributed by atoms with Crippen molar-refractivity contribution in [2.24, 2.45) is 5.41 Å². The first-order valence-corrected chi connectivity index (χ1v) is 7.16. The summed E-state index contributed by atoms with van der Waals surface area (Å²) in [6, 6.07) is 0. The Hall–Kier alpha value is 0.170. The molecule has 1 amide bonds. The van der Waals surface area contributed by atoms with E-state index in [0.29, 0.717) is 6.42 Å². The van der Waals surface area contributed by atoms with Gasteiger partial charge in [-0.1, -0.05) is 35.4 Å². The van der Waals surface area contributed by atoms with Crippen LogP contribution < -0.4 is 5.32 Å². The van der Waals surface area contributed by atoms with Crippen molar-refractivity contribution in [3.8, 4) is 0 Å². The predicted molar refractivity (Wildman–Crippen MR) is 60.9 cm³/mol. The lowest BCUT2D eigenvalue weighted by atomic mass is 9.91. The summed E-state index contributed by atoms with van der Waals surface area (Å²) in [4.78, 5) is 11.4. The molecule has 2 nitrogen and oxygen atoms in total. The Kier molecular flexibility index (Phi) is 4.46. The molecule has 1 aliphatic rings. The molecule has 0 aromatic rings. The van der Waals surface area contributed by atoms with Crippen LogP contribution in [0, 0.1) is 5.41 Å². The molecule has 1 N–H and O–H groups in total. The Bertz CT molecular complexity index is 178. The monoisotopic (exact) mass is 219 g/mol. The maximum Gasteiger partial charge on any atom is 0.220 e. The summed E-state index contributed by atoms with van der Waals surface area (Å²) in [5.41, 5.74) is 0.229. The van der Waals surface area contributed by atoms with Crippen molar-refractivity contribution in [3.05, 3.63) is 0 Å². The fourth-order valence-corrected chi connectivity index (χ4v) is 4.71. The highest BCUT2D eigenvalue weighted by atomic mass is 33.1.